The van der Waals surface area contributed by atoms with Crippen LogP contribution in [0.15, 0.2) is 198 Å². The third kappa shape index (κ3) is 6.28. The van der Waals surface area contributed by atoms with Gasteiger partial charge in [-0.3, -0.25) is 9.97 Å². The van der Waals surface area contributed by atoms with Gasteiger partial charge in [0.15, 0.2) is 6.17 Å². The summed E-state index contributed by atoms with van der Waals surface area (Å²) in [5, 5.41) is 4.66. The Labute approximate surface area is 302 Å². The molecule has 0 aliphatic carbocycles. The first-order valence-corrected chi connectivity index (χ1v) is 17.4. The molecule has 1 aliphatic rings. The fourth-order valence-corrected chi connectivity index (χ4v) is 6.79. The molecular weight excluding hydrogens is 635 g/mol. The van der Waals surface area contributed by atoms with E-state index in [1.807, 2.05) is 48.8 Å². The van der Waals surface area contributed by atoms with Gasteiger partial charge in [0, 0.05) is 40.7 Å². The number of aliphatic imine (C=N–C) groups is 2. The Hall–Kier alpha value is -6.98. The number of pyridine rings is 2. The van der Waals surface area contributed by atoms with Crippen molar-refractivity contribution < 1.29 is 0 Å². The lowest BCUT2D eigenvalue weighted by molar-refractivity contribution is 0.756. The van der Waals surface area contributed by atoms with Crippen LogP contribution in [-0.2, 0) is 0 Å². The van der Waals surface area contributed by atoms with Crippen molar-refractivity contribution in [2.75, 3.05) is 0 Å². The minimum Gasteiger partial charge on any atom is -0.324 e. The molecular formula is C47H33N5. The predicted octanol–water partition coefficient (Wildman–Crippen LogP) is 10.8. The van der Waals surface area contributed by atoms with Crippen molar-refractivity contribution in [3.05, 3.63) is 205 Å². The van der Waals surface area contributed by atoms with Crippen LogP contribution in [0.1, 0.15) is 22.9 Å². The van der Waals surface area contributed by atoms with E-state index in [9.17, 15) is 0 Å². The van der Waals surface area contributed by atoms with Crippen LogP contribution in [0.2, 0.25) is 0 Å². The van der Waals surface area contributed by atoms with E-state index in [-0.39, 0.29) is 0 Å². The second-order valence-corrected chi connectivity index (χ2v) is 12.8. The van der Waals surface area contributed by atoms with Crippen molar-refractivity contribution in [2.45, 2.75) is 6.17 Å². The fourth-order valence-electron chi connectivity index (χ4n) is 6.79. The van der Waals surface area contributed by atoms with E-state index in [2.05, 4.69) is 144 Å². The van der Waals surface area contributed by atoms with Gasteiger partial charge in [-0.25, -0.2) is 9.98 Å². The normalized spacial score (nSPS) is 14.0. The van der Waals surface area contributed by atoms with Gasteiger partial charge in [0.1, 0.15) is 11.7 Å². The highest BCUT2D eigenvalue weighted by atomic mass is 15.2. The van der Waals surface area contributed by atoms with Crippen LogP contribution in [0.25, 0.3) is 55.4 Å². The molecule has 8 aromatic rings. The largest absolute Gasteiger partial charge is 0.324 e. The number of hydrogen-bond donors (Lipinski definition) is 1. The highest BCUT2D eigenvalue weighted by molar-refractivity contribution is 6.16. The minimum absolute atomic E-state index is 0.489. The molecule has 0 saturated carbocycles. The number of nitrogens with one attached hydrogen (secondary N) is 1. The maximum Gasteiger partial charge on any atom is 0.169 e. The zero-order valence-electron chi connectivity index (χ0n) is 28.3. The summed E-state index contributed by atoms with van der Waals surface area (Å²) in [5.41, 5.74) is 12.8. The third-order valence-corrected chi connectivity index (χ3v) is 9.46. The number of nitrogens with zero attached hydrogens (tertiary/aromatic N) is 4. The van der Waals surface area contributed by atoms with Crippen LogP contribution < -0.4 is 5.32 Å². The smallest absolute Gasteiger partial charge is 0.169 e. The number of para-hydroxylation sites is 1. The van der Waals surface area contributed by atoms with Crippen LogP contribution in [0.4, 0.5) is 0 Å². The molecule has 3 heterocycles. The van der Waals surface area contributed by atoms with Gasteiger partial charge in [0.2, 0.25) is 0 Å². The van der Waals surface area contributed by atoms with Gasteiger partial charge < -0.3 is 5.32 Å². The monoisotopic (exact) mass is 667 g/mol. The zero-order chi connectivity index (χ0) is 34.7. The summed E-state index contributed by atoms with van der Waals surface area (Å²) in [6, 6.07) is 59.1. The second-order valence-electron chi connectivity index (χ2n) is 12.8. The number of fused-ring (bicyclic) bond motifs is 1. The molecule has 1 N–H and O–H groups in total. The summed E-state index contributed by atoms with van der Waals surface area (Å²) in [5.74, 6) is 1.56. The van der Waals surface area contributed by atoms with Crippen molar-refractivity contribution in [3.63, 3.8) is 0 Å². The van der Waals surface area contributed by atoms with Gasteiger partial charge in [-0.15, -0.1) is 0 Å². The highest BCUT2D eigenvalue weighted by Crippen LogP contribution is 2.36. The first-order valence-electron chi connectivity index (χ1n) is 17.4. The van der Waals surface area contributed by atoms with Crippen molar-refractivity contribution in [3.8, 4) is 44.5 Å². The molecule has 0 bridgehead atoms. The lowest BCUT2D eigenvalue weighted by Crippen LogP contribution is -2.36. The lowest BCUT2D eigenvalue weighted by atomic mass is 9.93. The highest BCUT2D eigenvalue weighted by Gasteiger charge is 2.22. The molecule has 1 aliphatic heterocycles. The molecule has 246 valence electrons. The third-order valence-electron chi connectivity index (χ3n) is 9.46. The lowest BCUT2D eigenvalue weighted by Gasteiger charge is -2.23. The molecule has 1 atom stereocenters. The molecule has 0 amide bonds. The van der Waals surface area contributed by atoms with Crippen LogP contribution >= 0.6 is 0 Å². The van der Waals surface area contributed by atoms with Crippen molar-refractivity contribution in [1.29, 1.82) is 0 Å². The van der Waals surface area contributed by atoms with Crippen LogP contribution in [0, 0.1) is 0 Å². The number of hydrogen-bond acceptors (Lipinski definition) is 5. The Morgan fingerprint density at radius 2 is 0.942 bits per heavy atom. The standard InChI is InChI=1S/C47H33N5/c1-3-10-32(11-4-1)33-22-24-38(25-23-33)46-50-45(37-12-5-2-6-13-37)51-47(52-46)42-29-40(35-20-18-34(19-21-35)39-16-8-26-48-31-39)28-41(30-42)43-17-7-14-36-15-9-27-49-44(36)43/h1-31,47H,(H,50,51,52). The molecule has 1 unspecified atom stereocenters. The number of benzene rings is 6. The van der Waals surface area contributed by atoms with Crippen molar-refractivity contribution in [1.82, 2.24) is 15.3 Å². The van der Waals surface area contributed by atoms with Gasteiger partial charge in [-0.2, -0.15) is 0 Å². The van der Waals surface area contributed by atoms with E-state index < -0.39 is 6.17 Å². The molecule has 0 spiro atoms. The van der Waals surface area contributed by atoms with Gasteiger partial charge in [-0.1, -0.05) is 140 Å². The summed E-state index contributed by atoms with van der Waals surface area (Å²) in [4.78, 5) is 19.6. The fraction of sp³-hybridized carbons (Fsp3) is 0.0213. The maximum atomic E-state index is 5.28. The van der Waals surface area contributed by atoms with Crippen molar-refractivity contribution in [2.24, 2.45) is 9.98 Å². The SMILES string of the molecule is c1ccc(C2=NC(c3cc(-c4ccc(-c5cccnc5)cc4)cc(-c4cccc5cccnc45)c3)N=C(c3ccc(-c4ccccc4)cc3)N2)cc1. The van der Waals surface area contributed by atoms with Gasteiger partial charge in [0.25, 0.3) is 0 Å². The first-order chi connectivity index (χ1) is 25.7. The molecule has 0 saturated heterocycles. The van der Waals surface area contributed by atoms with Crippen LogP contribution in [0.3, 0.4) is 0 Å². The van der Waals surface area contributed by atoms with E-state index in [0.717, 1.165) is 78.2 Å². The Morgan fingerprint density at radius 1 is 0.404 bits per heavy atom. The molecule has 6 aromatic carbocycles. The predicted molar refractivity (Wildman–Crippen MR) is 213 cm³/mol. The zero-order valence-corrected chi connectivity index (χ0v) is 28.3. The van der Waals surface area contributed by atoms with Gasteiger partial charge in [-0.05, 0) is 74.8 Å². The molecule has 9 rings (SSSR count). The van der Waals surface area contributed by atoms with Crippen molar-refractivity contribution >= 4 is 22.6 Å². The minimum atomic E-state index is -0.489. The summed E-state index contributed by atoms with van der Waals surface area (Å²) in [6.45, 7) is 0. The quantitative estimate of drug-likeness (QED) is 0.184. The molecule has 0 fully saturated rings. The molecule has 5 heteroatoms. The summed E-state index contributed by atoms with van der Waals surface area (Å²) < 4.78 is 0. The Morgan fingerprint density at radius 3 is 1.63 bits per heavy atom. The van der Waals surface area contributed by atoms with E-state index >= 15 is 0 Å². The van der Waals surface area contributed by atoms with E-state index in [1.165, 1.54) is 5.56 Å². The molecule has 5 nitrogen and oxygen atoms in total. The van der Waals surface area contributed by atoms with E-state index in [4.69, 9.17) is 15.0 Å². The number of aromatic nitrogens is 2. The van der Waals surface area contributed by atoms with Crippen LogP contribution in [-0.4, -0.2) is 21.6 Å². The second kappa shape index (κ2) is 13.7. The molecule has 2 aromatic heterocycles. The van der Waals surface area contributed by atoms with Gasteiger partial charge >= 0.3 is 0 Å². The summed E-state index contributed by atoms with van der Waals surface area (Å²) in [7, 11) is 0. The topological polar surface area (TPSA) is 62.5 Å². The first kappa shape index (κ1) is 31.0. The van der Waals surface area contributed by atoms with E-state index in [1.54, 1.807) is 6.20 Å². The number of rotatable bonds is 7. The summed E-state index contributed by atoms with van der Waals surface area (Å²) in [6.07, 6.45) is 5.06. The number of amidine groups is 2. The summed E-state index contributed by atoms with van der Waals surface area (Å²) >= 11 is 0. The van der Waals surface area contributed by atoms with E-state index in [0.29, 0.717) is 0 Å². The average molecular weight is 668 g/mol. The molecule has 52 heavy (non-hydrogen) atoms. The maximum absolute atomic E-state index is 5.28. The average Bonchev–Trinajstić information content (AvgIpc) is 3.24. The Kier molecular flexibility index (Phi) is 8.20. The Balaban J connectivity index is 1.18. The van der Waals surface area contributed by atoms with Gasteiger partial charge in [0.05, 0.1) is 5.52 Å². The Bertz CT molecular complexity index is 2560. The molecule has 0 radical (unpaired) electrons. The van der Waals surface area contributed by atoms with Crippen LogP contribution in [0.5, 0.6) is 0 Å².